The van der Waals surface area contributed by atoms with Crippen molar-refractivity contribution < 1.29 is 9.53 Å². The Labute approximate surface area is 138 Å². The van der Waals surface area contributed by atoms with Gasteiger partial charge >= 0.3 is 5.97 Å². The van der Waals surface area contributed by atoms with Crippen LogP contribution in [0.25, 0.3) is 16.7 Å². The lowest BCUT2D eigenvalue weighted by Crippen LogP contribution is -2.11. The van der Waals surface area contributed by atoms with Gasteiger partial charge in [-0.3, -0.25) is 9.20 Å². The molecule has 0 spiro atoms. The summed E-state index contributed by atoms with van der Waals surface area (Å²) in [4.78, 5) is 16.4. The predicted molar refractivity (Wildman–Crippen MR) is 87.5 cm³/mol. The molecule has 0 aliphatic carbocycles. The summed E-state index contributed by atoms with van der Waals surface area (Å²) in [7, 11) is 0. The SMILES string of the molecule is CCOC(=O)Cc1c(C)c(C#N)c2nc3ccccc3n2c1Cl. The highest BCUT2D eigenvalue weighted by Crippen LogP contribution is 2.31. The molecule has 116 valence electrons. The molecular weight excluding hydrogens is 314 g/mol. The average Bonchev–Trinajstić information content (AvgIpc) is 2.91. The number of fused-ring (bicyclic) bond motifs is 3. The van der Waals surface area contributed by atoms with Gasteiger partial charge in [0.2, 0.25) is 0 Å². The minimum absolute atomic E-state index is 0.0234. The number of benzene rings is 1. The number of esters is 1. The molecule has 0 N–H and O–H groups in total. The number of ether oxygens (including phenoxy) is 1. The van der Waals surface area contributed by atoms with Crippen LogP contribution in [0.4, 0.5) is 0 Å². The Morgan fingerprint density at radius 3 is 2.87 bits per heavy atom. The van der Waals surface area contributed by atoms with Gasteiger partial charge in [0.05, 0.1) is 29.6 Å². The molecule has 3 aromatic rings. The van der Waals surface area contributed by atoms with E-state index >= 15 is 0 Å². The fourth-order valence-electron chi connectivity index (χ4n) is 2.70. The van der Waals surface area contributed by atoms with Gasteiger partial charge in [-0.1, -0.05) is 23.7 Å². The number of carbonyl (C=O) groups excluding carboxylic acids is 1. The van der Waals surface area contributed by atoms with Gasteiger partial charge < -0.3 is 4.74 Å². The first kappa shape index (κ1) is 15.3. The third kappa shape index (κ3) is 2.41. The van der Waals surface area contributed by atoms with Crippen LogP contribution in [0.15, 0.2) is 24.3 Å². The second-order valence-electron chi connectivity index (χ2n) is 5.12. The molecule has 0 saturated heterocycles. The number of hydrogen-bond donors (Lipinski definition) is 0. The summed E-state index contributed by atoms with van der Waals surface area (Å²) in [5, 5.41) is 9.92. The summed E-state index contributed by atoms with van der Waals surface area (Å²) in [6, 6.07) is 9.67. The third-order valence-electron chi connectivity index (χ3n) is 3.80. The molecule has 2 aromatic heterocycles. The summed E-state index contributed by atoms with van der Waals surface area (Å²) in [6.07, 6.45) is 0.0234. The van der Waals surface area contributed by atoms with Crippen molar-refractivity contribution in [3.05, 3.63) is 46.1 Å². The summed E-state index contributed by atoms with van der Waals surface area (Å²) in [5.41, 5.74) is 3.73. The molecular formula is C17H14ClN3O2. The maximum Gasteiger partial charge on any atom is 0.310 e. The Hall–Kier alpha value is -2.58. The molecule has 5 nitrogen and oxygen atoms in total. The first-order valence-electron chi connectivity index (χ1n) is 7.22. The van der Waals surface area contributed by atoms with Gasteiger partial charge in [-0.25, -0.2) is 4.98 Å². The molecule has 0 amide bonds. The highest BCUT2D eigenvalue weighted by molar-refractivity contribution is 6.31. The van der Waals surface area contributed by atoms with Crippen molar-refractivity contribution in [1.82, 2.24) is 9.38 Å². The predicted octanol–water partition coefficient (Wildman–Crippen LogP) is 3.43. The number of hydrogen-bond acceptors (Lipinski definition) is 4. The van der Waals surface area contributed by atoms with Crippen molar-refractivity contribution in [2.24, 2.45) is 0 Å². The van der Waals surface area contributed by atoms with Crippen LogP contribution >= 0.6 is 11.6 Å². The molecule has 2 heterocycles. The van der Waals surface area contributed by atoms with E-state index in [0.29, 0.717) is 34.1 Å². The maximum absolute atomic E-state index is 11.9. The highest BCUT2D eigenvalue weighted by Gasteiger charge is 2.21. The molecule has 6 heteroatoms. The average molecular weight is 328 g/mol. The van der Waals surface area contributed by atoms with E-state index in [1.807, 2.05) is 24.3 Å². The van der Waals surface area contributed by atoms with Crippen LogP contribution in [0.2, 0.25) is 5.15 Å². The summed E-state index contributed by atoms with van der Waals surface area (Å²) in [6.45, 7) is 3.83. The van der Waals surface area contributed by atoms with Gasteiger partial charge in [0.15, 0.2) is 5.65 Å². The van der Waals surface area contributed by atoms with Crippen molar-refractivity contribution >= 4 is 34.3 Å². The van der Waals surface area contributed by atoms with E-state index in [0.717, 1.165) is 11.0 Å². The summed E-state index contributed by atoms with van der Waals surface area (Å²) < 4.78 is 6.72. The number of carbonyl (C=O) groups is 1. The zero-order valence-electron chi connectivity index (χ0n) is 12.8. The normalized spacial score (nSPS) is 10.9. The van der Waals surface area contributed by atoms with Crippen LogP contribution in [0, 0.1) is 18.3 Å². The molecule has 0 atom stereocenters. The number of nitrogens with zero attached hydrogens (tertiary/aromatic N) is 3. The van der Waals surface area contributed by atoms with E-state index in [9.17, 15) is 10.1 Å². The van der Waals surface area contributed by atoms with Gasteiger partial charge in [0, 0.05) is 5.56 Å². The second-order valence-corrected chi connectivity index (χ2v) is 5.48. The maximum atomic E-state index is 11.9. The summed E-state index contributed by atoms with van der Waals surface area (Å²) >= 11 is 6.55. The van der Waals surface area contributed by atoms with E-state index < -0.39 is 0 Å². The Balaban J connectivity index is 2.35. The zero-order valence-corrected chi connectivity index (χ0v) is 13.5. The lowest BCUT2D eigenvalue weighted by molar-refractivity contribution is -0.142. The molecule has 0 radical (unpaired) electrons. The molecule has 23 heavy (non-hydrogen) atoms. The number of imidazole rings is 1. The third-order valence-corrected chi connectivity index (χ3v) is 4.19. The fraction of sp³-hybridized carbons (Fsp3) is 0.235. The minimum atomic E-state index is -0.370. The van der Waals surface area contributed by atoms with Crippen molar-refractivity contribution in [2.75, 3.05) is 6.61 Å². The van der Waals surface area contributed by atoms with Crippen LogP contribution in [-0.2, 0) is 16.0 Å². The molecule has 0 fully saturated rings. The van der Waals surface area contributed by atoms with Crippen LogP contribution in [0.1, 0.15) is 23.6 Å². The van der Waals surface area contributed by atoms with E-state index in [2.05, 4.69) is 11.1 Å². The van der Waals surface area contributed by atoms with Crippen molar-refractivity contribution in [2.45, 2.75) is 20.3 Å². The molecule has 0 bridgehead atoms. The fourth-order valence-corrected chi connectivity index (χ4v) is 3.08. The monoisotopic (exact) mass is 327 g/mol. The molecule has 0 unspecified atom stereocenters. The van der Waals surface area contributed by atoms with E-state index in [-0.39, 0.29) is 12.4 Å². The molecule has 0 saturated carbocycles. The topological polar surface area (TPSA) is 67.4 Å². The smallest absolute Gasteiger partial charge is 0.310 e. The van der Waals surface area contributed by atoms with Crippen molar-refractivity contribution in [3.8, 4) is 6.07 Å². The Bertz CT molecular complexity index is 970. The van der Waals surface area contributed by atoms with Gasteiger partial charge in [0.25, 0.3) is 0 Å². The zero-order chi connectivity index (χ0) is 16.6. The number of rotatable bonds is 3. The van der Waals surface area contributed by atoms with Crippen molar-refractivity contribution in [3.63, 3.8) is 0 Å². The van der Waals surface area contributed by atoms with Gasteiger partial charge in [-0.2, -0.15) is 5.26 Å². The van der Waals surface area contributed by atoms with Crippen LogP contribution in [0.3, 0.4) is 0 Å². The van der Waals surface area contributed by atoms with Crippen LogP contribution < -0.4 is 0 Å². The lowest BCUT2D eigenvalue weighted by atomic mass is 10.0. The molecule has 1 aromatic carbocycles. The first-order valence-corrected chi connectivity index (χ1v) is 7.60. The van der Waals surface area contributed by atoms with Crippen molar-refractivity contribution in [1.29, 1.82) is 5.26 Å². The molecule has 3 rings (SSSR count). The first-order chi connectivity index (χ1) is 11.1. The Morgan fingerprint density at radius 1 is 1.43 bits per heavy atom. The lowest BCUT2D eigenvalue weighted by Gasteiger charge is -2.12. The largest absolute Gasteiger partial charge is 0.466 e. The summed E-state index contributed by atoms with van der Waals surface area (Å²) in [5.74, 6) is -0.370. The van der Waals surface area contributed by atoms with E-state index in [1.165, 1.54) is 0 Å². The van der Waals surface area contributed by atoms with Gasteiger partial charge in [-0.05, 0) is 31.5 Å². The van der Waals surface area contributed by atoms with E-state index in [1.54, 1.807) is 18.2 Å². The number of pyridine rings is 1. The second kappa shape index (κ2) is 5.90. The number of halogens is 1. The Kier molecular flexibility index (Phi) is 3.93. The molecule has 0 aliphatic rings. The van der Waals surface area contributed by atoms with Gasteiger partial charge in [-0.15, -0.1) is 0 Å². The van der Waals surface area contributed by atoms with Crippen LogP contribution in [-0.4, -0.2) is 22.0 Å². The van der Waals surface area contributed by atoms with E-state index in [4.69, 9.17) is 16.3 Å². The number of nitriles is 1. The number of para-hydroxylation sites is 2. The van der Waals surface area contributed by atoms with Gasteiger partial charge in [0.1, 0.15) is 11.2 Å². The standard InChI is InChI=1S/C17H14ClN3O2/c1-3-23-15(22)8-11-10(2)12(9-19)17-20-13-6-4-5-7-14(13)21(17)16(11)18/h4-7H,3,8H2,1-2H3. The van der Waals surface area contributed by atoms with Crippen LogP contribution in [0.5, 0.6) is 0 Å². The Morgan fingerprint density at radius 2 is 2.17 bits per heavy atom. The number of aromatic nitrogens is 2. The molecule has 0 aliphatic heterocycles. The minimum Gasteiger partial charge on any atom is -0.466 e. The highest BCUT2D eigenvalue weighted by atomic mass is 35.5. The quantitative estimate of drug-likeness (QED) is 0.546.